The molecule has 2 heteroatoms. The minimum Gasteiger partial charge on any atom is -0.240 e. The molecule has 0 aliphatic carbocycles. The highest BCUT2D eigenvalue weighted by Crippen LogP contribution is 1.95. The van der Waals surface area contributed by atoms with Crippen molar-refractivity contribution in [2.75, 3.05) is 0 Å². The van der Waals surface area contributed by atoms with Crippen LogP contribution in [0.25, 0.3) is 0 Å². The summed E-state index contributed by atoms with van der Waals surface area (Å²) < 4.78 is 11.6. The molecule has 70 valence electrons. The Morgan fingerprint density at radius 3 is 2.42 bits per heavy atom. The van der Waals surface area contributed by atoms with Crippen LogP contribution in [0.5, 0.6) is 0 Å². The Morgan fingerprint density at radius 2 is 2.08 bits per heavy atom. The van der Waals surface area contributed by atoms with Crippen LogP contribution in [0.1, 0.15) is 29.1 Å². The lowest BCUT2D eigenvalue weighted by Gasteiger charge is -1.97. The molecule has 0 atom stereocenters. The van der Waals surface area contributed by atoms with Gasteiger partial charge in [-0.1, -0.05) is 27.7 Å². The highest BCUT2D eigenvalue weighted by molar-refractivity contribution is 4.66. The normalized spacial score (nSPS) is 11.6. The number of aromatic nitrogens is 2. The van der Waals surface area contributed by atoms with Gasteiger partial charge in [-0.2, -0.15) is 0 Å². The number of rotatable bonds is 2. The van der Waals surface area contributed by atoms with Crippen LogP contribution in [-0.4, -0.2) is 4.57 Å². The lowest BCUT2D eigenvalue weighted by molar-refractivity contribution is -0.671. The van der Waals surface area contributed by atoms with E-state index in [2.05, 4.69) is 0 Å². The van der Waals surface area contributed by atoms with Gasteiger partial charge in [0, 0.05) is 1.37 Å². The maximum atomic E-state index is 7.65. The molecule has 0 radical (unpaired) electrons. The summed E-state index contributed by atoms with van der Waals surface area (Å²) in [5.41, 5.74) is 0. The van der Waals surface area contributed by atoms with Crippen LogP contribution < -0.4 is 4.57 Å². The van der Waals surface area contributed by atoms with E-state index >= 15 is 0 Å². The Morgan fingerprint density at radius 1 is 1.50 bits per heavy atom. The quantitative estimate of drug-likeness (QED) is 0.600. The van der Waals surface area contributed by atoms with Crippen LogP contribution in [-0.2, 0) is 13.6 Å². The molecular weight excluding hydrogens is 148 g/mol. The molecule has 2 nitrogen and oxygen atoms in total. The average Bonchev–Trinajstić information content (AvgIpc) is 2.36. The maximum absolute atomic E-state index is 7.65. The molecule has 1 rings (SSSR count). The third kappa shape index (κ3) is 4.16. The molecule has 0 saturated heterocycles. The molecule has 0 bridgehead atoms. The molecule has 1 heterocycles. The summed E-state index contributed by atoms with van der Waals surface area (Å²) in [6.45, 7) is 8.56. The van der Waals surface area contributed by atoms with Crippen molar-refractivity contribution in [2.45, 2.75) is 34.2 Å². The van der Waals surface area contributed by atoms with Gasteiger partial charge in [0.25, 0.3) is 0 Å². The Kier molecular flexibility index (Phi) is 4.50. The summed E-state index contributed by atoms with van der Waals surface area (Å²) in [4.78, 5) is 0. The summed E-state index contributed by atoms with van der Waals surface area (Å²) in [5.74, 6) is -0.383. The molecule has 0 amide bonds. The molecule has 0 unspecified atom stereocenters. The first-order valence-electron chi connectivity index (χ1n) is 4.98. The average molecular weight is 170 g/mol. The van der Waals surface area contributed by atoms with E-state index in [1.54, 1.807) is 0 Å². The number of nitrogens with zero attached hydrogens (tertiary/aromatic N) is 2. The minimum atomic E-state index is -0.383. The number of aryl methyl sites for hydroxylation is 1. The lowest BCUT2D eigenvalue weighted by Crippen LogP contribution is -2.24. The molecule has 0 spiro atoms. The van der Waals surface area contributed by atoms with Gasteiger partial charge in [0.05, 0.1) is 13.6 Å². The van der Waals surface area contributed by atoms with E-state index in [1.165, 1.54) is 0 Å². The Bertz CT molecular complexity index is 235. The standard InChI is InChI=1S/C8H15N2.C2H6/c1-8(2)6-10-5-4-9(3)7-10;1-2/h4-5,7-8H,6H2,1-3H3;1-2H3/q+1;/i8D;. The van der Waals surface area contributed by atoms with E-state index in [0.717, 1.165) is 6.54 Å². The number of hydrogen-bond donors (Lipinski definition) is 0. The van der Waals surface area contributed by atoms with E-state index in [-0.39, 0.29) is 5.89 Å². The minimum absolute atomic E-state index is 0.383. The molecule has 0 N–H and O–H groups in total. The summed E-state index contributed by atoms with van der Waals surface area (Å²) in [5, 5.41) is 0. The van der Waals surface area contributed by atoms with Crippen LogP contribution in [0, 0.1) is 5.89 Å². The van der Waals surface area contributed by atoms with Gasteiger partial charge in [0.2, 0.25) is 6.33 Å². The van der Waals surface area contributed by atoms with Gasteiger partial charge in [-0.3, -0.25) is 0 Å². The fourth-order valence-electron chi connectivity index (χ4n) is 0.960. The molecule has 0 fully saturated rings. The van der Waals surface area contributed by atoms with Gasteiger partial charge < -0.3 is 0 Å². The molecular formula is C10H21N2+. The fraction of sp³-hybridized carbons (Fsp3) is 0.700. The van der Waals surface area contributed by atoms with E-state index in [4.69, 9.17) is 1.37 Å². The third-order valence-corrected chi connectivity index (χ3v) is 1.32. The number of imidazole rings is 1. The molecule has 12 heavy (non-hydrogen) atoms. The van der Waals surface area contributed by atoms with Gasteiger partial charge >= 0.3 is 0 Å². The van der Waals surface area contributed by atoms with Gasteiger partial charge in [-0.15, -0.1) is 0 Å². The third-order valence-electron chi connectivity index (χ3n) is 1.32. The second kappa shape index (κ2) is 5.81. The summed E-state index contributed by atoms with van der Waals surface area (Å²) in [6, 6.07) is 0. The largest absolute Gasteiger partial charge is 0.243 e. The second-order valence-corrected chi connectivity index (χ2v) is 2.96. The van der Waals surface area contributed by atoms with Gasteiger partial charge in [-0.05, 0) is 5.89 Å². The van der Waals surface area contributed by atoms with Crippen molar-refractivity contribution in [2.24, 2.45) is 12.9 Å². The monoisotopic (exact) mass is 170 g/mol. The van der Waals surface area contributed by atoms with E-state index in [1.807, 2.05) is 62.6 Å². The van der Waals surface area contributed by atoms with Crippen LogP contribution in [0.4, 0.5) is 0 Å². The van der Waals surface area contributed by atoms with E-state index < -0.39 is 0 Å². The van der Waals surface area contributed by atoms with Crippen LogP contribution in [0.2, 0.25) is 0 Å². The topological polar surface area (TPSA) is 8.81 Å². The van der Waals surface area contributed by atoms with Crippen molar-refractivity contribution in [3.8, 4) is 0 Å². The molecule has 0 aliphatic heterocycles. The van der Waals surface area contributed by atoms with Gasteiger partial charge in [0.15, 0.2) is 0 Å². The van der Waals surface area contributed by atoms with E-state index in [0.29, 0.717) is 0 Å². The predicted octanol–water partition coefficient (Wildman–Crippen LogP) is 1.99. The zero-order valence-corrected chi connectivity index (χ0v) is 8.83. The fourth-order valence-corrected chi connectivity index (χ4v) is 0.960. The SMILES string of the molecule is CC.[2H]C(C)(C)Cn1cc[n+](C)c1. The molecule has 0 aromatic carbocycles. The van der Waals surface area contributed by atoms with Crippen molar-refractivity contribution in [1.29, 1.82) is 0 Å². The van der Waals surface area contributed by atoms with Crippen molar-refractivity contribution < 1.29 is 5.94 Å². The maximum Gasteiger partial charge on any atom is 0.243 e. The second-order valence-electron chi connectivity index (χ2n) is 2.96. The summed E-state index contributed by atoms with van der Waals surface area (Å²) >= 11 is 0. The van der Waals surface area contributed by atoms with Crippen LogP contribution in [0.3, 0.4) is 0 Å². The zero-order valence-electron chi connectivity index (χ0n) is 9.83. The Balaban J connectivity index is 0.000000671. The van der Waals surface area contributed by atoms with Gasteiger partial charge in [-0.25, -0.2) is 9.13 Å². The van der Waals surface area contributed by atoms with Crippen molar-refractivity contribution in [3.05, 3.63) is 18.7 Å². The van der Waals surface area contributed by atoms with Crippen LogP contribution >= 0.6 is 0 Å². The Labute approximate surface area is 77.2 Å². The Hall–Kier alpha value is -0.790. The highest BCUT2D eigenvalue weighted by Gasteiger charge is 2.01. The summed E-state index contributed by atoms with van der Waals surface area (Å²) in [7, 11) is 1.98. The van der Waals surface area contributed by atoms with E-state index in [9.17, 15) is 0 Å². The smallest absolute Gasteiger partial charge is 0.240 e. The highest BCUT2D eigenvalue weighted by atomic mass is 15.1. The molecule has 1 aromatic heterocycles. The zero-order chi connectivity index (χ0) is 10.5. The first-order chi connectivity index (χ1) is 5.97. The predicted molar refractivity (Wildman–Crippen MR) is 51.8 cm³/mol. The first kappa shape index (κ1) is 9.30. The van der Waals surface area contributed by atoms with Crippen LogP contribution in [0.15, 0.2) is 18.7 Å². The van der Waals surface area contributed by atoms with Crippen molar-refractivity contribution in [1.82, 2.24) is 4.57 Å². The first-order valence-corrected chi connectivity index (χ1v) is 4.48. The summed E-state index contributed by atoms with van der Waals surface area (Å²) in [6.07, 6.45) is 5.94. The lowest BCUT2D eigenvalue weighted by atomic mass is 10.2. The van der Waals surface area contributed by atoms with Crippen molar-refractivity contribution in [3.63, 3.8) is 0 Å². The molecule has 0 aliphatic rings. The van der Waals surface area contributed by atoms with Crippen molar-refractivity contribution >= 4 is 0 Å². The molecule has 0 saturated carbocycles. The van der Waals surface area contributed by atoms with Gasteiger partial charge in [0.1, 0.15) is 12.4 Å². The molecule has 1 aromatic rings. The number of hydrogen-bond acceptors (Lipinski definition) is 0.